The molecule has 0 saturated heterocycles. The predicted octanol–water partition coefficient (Wildman–Crippen LogP) is 5.18. The Hall–Kier alpha value is -0.510. The summed E-state index contributed by atoms with van der Waals surface area (Å²) in [6.07, 6.45) is 6.88. The number of unbranched alkanes of at least 4 members (excludes halogenated alkanes) is 1. The fourth-order valence-corrected chi connectivity index (χ4v) is 2.07. The van der Waals surface area contributed by atoms with Crippen LogP contribution in [0.3, 0.4) is 0 Å². The van der Waals surface area contributed by atoms with Gasteiger partial charge in [-0.1, -0.05) is 46.4 Å². The molecule has 0 aliphatic carbocycles. The molecule has 0 aliphatic rings. The van der Waals surface area contributed by atoms with Crippen LogP contribution in [0.25, 0.3) is 0 Å². The Morgan fingerprint density at radius 2 is 1.89 bits per heavy atom. The number of ether oxygens (including phenoxy) is 1. The number of hydrogen-bond acceptors (Lipinski definition) is 1. The van der Waals surface area contributed by atoms with E-state index in [-0.39, 0.29) is 0 Å². The number of alkyl halides is 1. The highest BCUT2D eigenvalue weighted by Gasteiger charge is 1.95. The lowest BCUT2D eigenvalue weighted by Crippen LogP contribution is -1.97. The molecule has 0 atom stereocenters. The first kappa shape index (κ1) is 15.5. The van der Waals surface area contributed by atoms with Crippen molar-refractivity contribution in [3.63, 3.8) is 0 Å². The summed E-state index contributed by atoms with van der Waals surface area (Å²) in [6, 6.07) is 8.53. The second-order valence-corrected chi connectivity index (χ2v) is 5.79. The highest BCUT2D eigenvalue weighted by atomic mass is 127. The smallest absolute Gasteiger partial charge is 0.119 e. The van der Waals surface area contributed by atoms with Crippen LogP contribution in [0.4, 0.5) is 0 Å². The van der Waals surface area contributed by atoms with E-state index in [4.69, 9.17) is 4.74 Å². The van der Waals surface area contributed by atoms with Crippen LogP contribution in [0.15, 0.2) is 35.9 Å². The molecule has 1 rings (SSSR count). The predicted molar refractivity (Wildman–Crippen MR) is 87.8 cm³/mol. The van der Waals surface area contributed by atoms with Gasteiger partial charge in [-0.25, -0.2) is 0 Å². The maximum absolute atomic E-state index is 5.72. The zero-order valence-corrected chi connectivity index (χ0v) is 13.6. The molecule has 0 saturated carbocycles. The van der Waals surface area contributed by atoms with Crippen molar-refractivity contribution >= 4 is 22.6 Å². The summed E-state index contributed by atoms with van der Waals surface area (Å²) >= 11 is 2.42. The minimum Gasteiger partial charge on any atom is -0.494 e. The molecular weight excluding hydrogens is 335 g/mol. The third-order valence-corrected chi connectivity index (χ3v) is 3.46. The Balaban J connectivity index is 2.24. The molecule has 0 bridgehead atoms. The molecule has 0 aromatic heterocycles. The summed E-state index contributed by atoms with van der Waals surface area (Å²) in [4.78, 5) is 0. The minimum atomic E-state index is 0.802. The molecule has 100 valence electrons. The van der Waals surface area contributed by atoms with Gasteiger partial charge in [0, 0.05) is 0 Å². The first-order chi connectivity index (χ1) is 8.72. The van der Waals surface area contributed by atoms with E-state index in [1.807, 2.05) is 0 Å². The van der Waals surface area contributed by atoms with E-state index in [0.717, 1.165) is 25.2 Å². The molecule has 0 N–H and O–H groups in total. The summed E-state index contributed by atoms with van der Waals surface area (Å²) in [5.74, 6) is 0.991. The summed E-state index contributed by atoms with van der Waals surface area (Å²) < 4.78 is 6.94. The van der Waals surface area contributed by atoms with Gasteiger partial charge in [0.15, 0.2) is 0 Å². The zero-order chi connectivity index (χ0) is 13.2. The largest absolute Gasteiger partial charge is 0.494 e. The molecule has 0 heterocycles. The molecule has 2 heteroatoms. The van der Waals surface area contributed by atoms with E-state index in [0.29, 0.717) is 0 Å². The number of aryl methyl sites for hydroxylation is 1. The molecular formula is C16H23IO. The average molecular weight is 358 g/mol. The van der Waals surface area contributed by atoms with E-state index >= 15 is 0 Å². The van der Waals surface area contributed by atoms with Crippen LogP contribution in [-0.4, -0.2) is 11.0 Å². The van der Waals surface area contributed by atoms with E-state index in [9.17, 15) is 0 Å². The van der Waals surface area contributed by atoms with Crippen LogP contribution in [0.1, 0.15) is 38.7 Å². The lowest BCUT2D eigenvalue weighted by Gasteiger charge is -2.06. The number of benzene rings is 1. The van der Waals surface area contributed by atoms with Gasteiger partial charge in [-0.2, -0.15) is 0 Å². The first-order valence-corrected chi connectivity index (χ1v) is 8.16. The fraction of sp³-hybridized carbons (Fsp3) is 0.500. The number of halogens is 1. The lowest BCUT2D eigenvalue weighted by molar-refractivity contribution is 0.312. The van der Waals surface area contributed by atoms with Crippen LogP contribution in [0.5, 0.6) is 5.75 Å². The second-order valence-electron chi connectivity index (χ2n) is 4.71. The van der Waals surface area contributed by atoms with Gasteiger partial charge >= 0.3 is 0 Å². The van der Waals surface area contributed by atoms with Crippen LogP contribution in [-0.2, 0) is 6.42 Å². The Morgan fingerprint density at radius 1 is 1.17 bits per heavy atom. The Kier molecular flexibility index (Phi) is 8.14. The SMILES string of the molecule is CC(C)=CCCCOc1ccc(CCCI)cc1. The van der Waals surface area contributed by atoms with Crippen molar-refractivity contribution in [1.82, 2.24) is 0 Å². The minimum absolute atomic E-state index is 0.802. The van der Waals surface area contributed by atoms with Crippen LogP contribution in [0, 0.1) is 0 Å². The van der Waals surface area contributed by atoms with E-state index < -0.39 is 0 Å². The summed E-state index contributed by atoms with van der Waals surface area (Å²) in [5, 5.41) is 0. The summed E-state index contributed by atoms with van der Waals surface area (Å²) in [6.45, 7) is 5.07. The monoisotopic (exact) mass is 358 g/mol. The Bertz CT molecular complexity index is 350. The van der Waals surface area contributed by atoms with Gasteiger partial charge in [0.1, 0.15) is 5.75 Å². The zero-order valence-electron chi connectivity index (χ0n) is 11.4. The molecule has 0 fully saturated rings. The Labute approximate surface area is 125 Å². The van der Waals surface area contributed by atoms with Crippen molar-refractivity contribution in [1.29, 1.82) is 0 Å². The van der Waals surface area contributed by atoms with E-state index in [1.54, 1.807) is 0 Å². The summed E-state index contributed by atoms with van der Waals surface area (Å²) in [7, 11) is 0. The highest BCUT2D eigenvalue weighted by Crippen LogP contribution is 2.14. The van der Waals surface area contributed by atoms with E-state index in [2.05, 4.69) is 66.8 Å². The topological polar surface area (TPSA) is 9.23 Å². The van der Waals surface area contributed by atoms with Gasteiger partial charge in [-0.15, -0.1) is 0 Å². The first-order valence-electron chi connectivity index (χ1n) is 6.63. The normalized spacial score (nSPS) is 10.2. The number of rotatable bonds is 8. The van der Waals surface area contributed by atoms with Crippen LogP contribution < -0.4 is 4.74 Å². The van der Waals surface area contributed by atoms with Gasteiger partial charge in [-0.3, -0.25) is 0 Å². The van der Waals surface area contributed by atoms with Gasteiger partial charge in [-0.05, 0) is 61.7 Å². The van der Waals surface area contributed by atoms with Crippen molar-refractivity contribution in [3.05, 3.63) is 41.5 Å². The maximum Gasteiger partial charge on any atom is 0.119 e. The van der Waals surface area contributed by atoms with Crippen LogP contribution in [0.2, 0.25) is 0 Å². The van der Waals surface area contributed by atoms with Crippen molar-refractivity contribution in [2.24, 2.45) is 0 Å². The molecule has 0 aliphatic heterocycles. The average Bonchev–Trinajstić information content (AvgIpc) is 2.37. The van der Waals surface area contributed by atoms with Gasteiger partial charge in [0.25, 0.3) is 0 Å². The van der Waals surface area contributed by atoms with Gasteiger partial charge in [0.2, 0.25) is 0 Å². The van der Waals surface area contributed by atoms with Gasteiger partial charge in [0.05, 0.1) is 6.61 Å². The third-order valence-electron chi connectivity index (χ3n) is 2.69. The fourth-order valence-electron chi connectivity index (χ4n) is 1.69. The highest BCUT2D eigenvalue weighted by molar-refractivity contribution is 14.1. The molecule has 18 heavy (non-hydrogen) atoms. The summed E-state index contributed by atoms with van der Waals surface area (Å²) in [5.41, 5.74) is 2.79. The quantitative estimate of drug-likeness (QED) is 0.269. The Morgan fingerprint density at radius 3 is 2.50 bits per heavy atom. The molecule has 0 spiro atoms. The van der Waals surface area contributed by atoms with Crippen molar-refractivity contribution in [3.8, 4) is 5.75 Å². The van der Waals surface area contributed by atoms with E-state index in [1.165, 1.54) is 28.4 Å². The number of hydrogen-bond donors (Lipinski definition) is 0. The maximum atomic E-state index is 5.72. The van der Waals surface area contributed by atoms with Crippen molar-refractivity contribution in [2.75, 3.05) is 11.0 Å². The van der Waals surface area contributed by atoms with Gasteiger partial charge < -0.3 is 4.74 Å². The lowest BCUT2D eigenvalue weighted by atomic mass is 10.1. The molecule has 0 radical (unpaired) electrons. The standard InChI is InChI=1S/C16H23IO/c1-14(2)6-3-4-13-18-16-10-8-15(9-11-16)7-5-12-17/h6,8-11H,3-5,7,12-13H2,1-2H3. The third kappa shape index (κ3) is 7.04. The molecule has 1 aromatic carbocycles. The number of allylic oxidation sites excluding steroid dienone is 2. The molecule has 1 aromatic rings. The van der Waals surface area contributed by atoms with Crippen molar-refractivity contribution < 1.29 is 4.74 Å². The van der Waals surface area contributed by atoms with Crippen LogP contribution >= 0.6 is 22.6 Å². The molecule has 0 unspecified atom stereocenters. The molecule has 0 amide bonds. The van der Waals surface area contributed by atoms with Crippen molar-refractivity contribution in [2.45, 2.75) is 39.5 Å². The second kappa shape index (κ2) is 9.42. The molecule has 1 nitrogen and oxygen atoms in total.